The summed E-state index contributed by atoms with van der Waals surface area (Å²) in [5, 5.41) is 17.3. The van der Waals surface area contributed by atoms with Crippen molar-refractivity contribution in [2.24, 2.45) is 0 Å². The monoisotopic (exact) mass is 222 g/mol. The predicted molar refractivity (Wildman–Crippen MR) is 46.0 cm³/mol. The third-order valence-electron chi connectivity index (χ3n) is 2.00. The van der Waals surface area contributed by atoms with Gasteiger partial charge in [0.15, 0.2) is 0 Å². The Balaban J connectivity index is 3.34. The normalized spacial score (nSPS) is 11.7. The summed E-state index contributed by atoms with van der Waals surface area (Å²) in [6.45, 7) is 0.935. The summed E-state index contributed by atoms with van der Waals surface area (Å²) >= 11 is 0. The first-order valence-corrected chi connectivity index (χ1v) is 3.97. The van der Waals surface area contributed by atoms with E-state index in [0.29, 0.717) is 12.1 Å². The quantitative estimate of drug-likeness (QED) is 0.545. The second-order valence-electron chi connectivity index (χ2n) is 3.01. The van der Waals surface area contributed by atoms with Gasteiger partial charge in [0.25, 0.3) is 0 Å². The number of halogens is 4. The standard InChI is InChI=1S/C8H7BF4O2/c1-4-5(8(11,12)13)2-3-6(7(4)10)9(14)15/h2-3,14-15H,1H3. The van der Waals surface area contributed by atoms with Crippen LogP contribution < -0.4 is 5.46 Å². The van der Waals surface area contributed by atoms with E-state index >= 15 is 0 Å². The molecule has 7 heteroatoms. The van der Waals surface area contributed by atoms with Crippen LogP contribution in [0.4, 0.5) is 17.6 Å². The molecule has 0 bridgehead atoms. The molecular weight excluding hydrogens is 215 g/mol. The lowest BCUT2D eigenvalue weighted by molar-refractivity contribution is -0.138. The van der Waals surface area contributed by atoms with Crippen molar-refractivity contribution >= 4 is 12.6 Å². The molecule has 0 aliphatic heterocycles. The lowest BCUT2D eigenvalue weighted by Crippen LogP contribution is -2.34. The second kappa shape index (κ2) is 3.82. The summed E-state index contributed by atoms with van der Waals surface area (Å²) < 4.78 is 50.0. The maximum absolute atomic E-state index is 13.2. The van der Waals surface area contributed by atoms with Gasteiger partial charge in [-0.25, -0.2) is 4.39 Å². The van der Waals surface area contributed by atoms with E-state index in [9.17, 15) is 17.6 Å². The Morgan fingerprint density at radius 2 is 1.73 bits per heavy atom. The molecule has 1 rings (SSSR count). The van der Waals surface area contributed by atoms with Gasteiger partial charge in [0.1, 0.15) is 5.82 Å². The van der Waals surface area contributed by atoms with Crippen molar-refractivity contribution in [1.82, 2.24) is 0 Å². The van der Waals surface area contributed by atoms with Crippen LogP contribution in [-0.4, -0.2) is 17.2 Å². The van der Waals surface area contributed by atoms with Gasteiger partial charge < -0.3 is 10.0 Å². The Bertz CT molecular complexity index is 376. The molecule has 82 valence electrons. The number of alkyl halides is 3. The fraction of sp³-hybridized carbons (Fsp3) is 0.250. The molecule has 2 N–H and O–H groups in total. The van der Waals surface area contributed by atoms with Crippen LogP contribution in [0.2, 0.25) is 0 Å². The average Bonchev–Trinajstić information content (AvgIpc) is 2.06. The van der Waals surface area contributed by atoms with Crippen molar-refractivity contribution < 1.29 is 27.6 Å². The largest absolute Gasteiger partial charge is 0.491 e. The van der Waals surface area contributed by atoms with Gasteiger partial charge >= 0.3 is 13.3 Å². The van der Waals surface area contributed by atoms with Crippen molar-refractivity contribution in [3.63, 3.8) is 0 Å². The molecule has 0 unspecified atom stereocenters. The zero-order valence-corrected chi connectivity index (χ0v) is 7.64. The number of rotatable bonds is 1. The Hall–Kier alpha value is -1.08. The number of benzene rings is 1. The smallest absolute Gasteiger partial charge is 0.423 e. The summed E-state index contributed by atoms with van der Waals surface area (Å²) in [6, 6.07) is 1.32. The van der Waals surface area contributed by atoms with Crippen LogP contribution >= 0.6 is 0 Å². The van der Waals surface area contributed by atoms with Gasteiger partial charge in [-0.1, -0.05) is 6.07 Å². The molecule has 0 amide bonds. The average molecular weight is 222 g/mol. The molecule has 1 aromatic rings. The van der Waals surface area contributed by atoms with Gasteiger partial charge in [-0.2, -0.15) is 13.2 Å². The van der Waals surface area contributed by atoms with E-state index < -0.39 is 35.7 Å². The van der Waals surface area contributed by atoms with Crippen LogP contribution in [0.1, 0.15) is 11.1 Å². The van der Waals surface area contributed by atoms with Crippen molar-refractivity contribution in [3.8, 4) is 0 Å². The minimum atomic E-state index is -4.65. The van der Waals surface area contributed by atoms with Crippen molar-refractivity contribution in [2.75, 3.05) is 0 Å². The maximum atomic E-state index is 13.2. The van der Waals surface area contributed by atoms with Gasteiger partial charge in [0.05, 0.1) is 5.56 Å². The van der Waals surface area contributed by atoms with Crippen molar-refractivity contribution in [1.29, 1.82) is 0 Å². The molecule has 0 aliphatic carbocycles. The first-order chi connectivity index (χ1) is 6.75. The highest BCUT2D eigenvalue weighted by molar-refractivity contribution is 6.58. The molecule has 0 saturated carbocycles. The fourth-order valence-corrected chi connectivity index (χ4v) is 1.21. The fourth-order valence-electron chi connectivity index (χ4n) is 1.21. The highest BCUT2D eigenvalue weighted by atomic mass is 19.4. The Labute approximate surface area is 83.3 Å². The van der Waals surface area contributed by atoms with E-state index in [1.54, 1.807) is 0 Å². The van der Waals surface area contributed by atoms with Gasteiger partial charge in [0, 0.05) is 5.46 Å². The summed E-state index contributed by atoms with van der Waals surface area (Å²) in [5.41, 5.74) is -2.34. The SMILES string of the molecule is Cc1c(C(F)(F)F)ccc(B(O)O)c1F. The topological polar surface area (TPSA) is 40.5 Å². The first-order valence-electron chi connectivity index (χ1n) is 3.97. The van der Waals surface area contributed by atoms with Crippen LogP contribution in [0, 0.1) is 12.7 Å². The van der Waals surface area contributed by atoms with Gasteiger partial charge in [-0.05, 0) is 18.6 Å². The van der Waals surface area contributed by atoms with Crippen molar-refractivity contribution in [2.45, 2.75) is 13.1 Å². The van der Waals surface area contributed by atoms with Gasteiger partial charge in [-0.15, -0.1) is 0 Å². The van der Waals surface area contributed by atoms with E-state index in [2.05, 4.69) is 0 Å². The molecule has 0 aromatic heterocycles. The number of hydrogen-bond acceptors (Lipinski definition) is 2. The van der Waals surface area contributed by atoms with Crippen molar-refractivity contribution in [3.05, 3.63) is 29.1 Å². The molecule has 2 nitrogen and oxygen atoms in total. The van der Waals surface area contributed by atoms with Crippen LogP contribution in [-0.2, 0) is 6.18 Å². The Kier molecular flexibility index (Phi) is 3.06. The summed E-state index contributed by atoms with van der Waals surface area (Å²) in [4.78, 5) is 0. The highest BCUT2D eigenvalue weighted by Gasteiger charge is 2.34. The van der Waals surface area contributed by atoms with E-state index in [1.165, 1.54) is 0 Å². The van der Waals surface area contributed by atoms with E-state index in [1.807, 2.05) is 0 Å². The minimum Gasteiger partial charge on any atom is -0.423 e. The minimum absolute atomic E-state index is 0.569. The van der Waals surface area contributed by atoms with Gasteiger partial charge in [-0.3, -0.25) is 0 Å². The maximum Gasteiger partial charge on any atom is 0.491 e. The Morgan fingerprint density at radius 1 is 1.20 bits per heavy atom. The second-order valence-corrected chi connectivity index (χ2v) is 3.01. The van der Waals surface area contributed by atoms with Crippen LogP contribution in [0.3, 0.4) is 0 Å². The molecule has 0 aliphatic rings. The molecule has 0 atom stereocenters. The highest BCUT2D eigenvalue weighted by Crippen LogP contribution is 2.31. The first kappa shape index (κ1) is 12.0. The molecule has 0 radical (unpaired) electrons. The van der Waals surface area contributed by atoms with E-state index in [-0.39, 0.29) is 0 Å². The third-order valence-corrected chi connectivity index (χ3v) is 2.00. The molecule has 1 aromatic carbocycles. The van der Waals surface area contributed by atoms with Crippen LogP contribution in [0.15, 0.2) is 12.1 Å². The summed E-state index contributed by atoms with van der Waals surface area (Å²) in [7, 11) is -2.12. The van der Waals surface area contributed by atoms with E-state index in [0.717, 1.165) is 6.92 Å². The molecule has 15 heavy (non-hydrogen) atoms. The predicted octanol–water partition coefficient (Wildman–Crippen LogP) is 0.833. The zero-order valence-electron chi connectivity index (χ0n) is 7.64. The lowest BCUT2D eigenvalue weighted by atomic mass is 9.78. The summed E-state index contributed by atoms with van der Waals surface area (Å²) in [5.74, 6) is -1.25. The molecular formula is C8H7BF4O2. The zero-order chi connectivity index (χ0) is 11.8. The number of hydrogen-bond donors (Lipinski definition) is 2. The van der Waals surface area contributed by atoms with Crippen LogP contribution in [0.5, 0.6) is 0 Å². The van der Waals surface area contributed by atoms with Crippen LogP contribution in [0.25, 0.3) is 0 Å². The molecule has 0 saturated heterocycles. The van der Waals surface area contributed by atoms with Gasteiger partial charge in [0.2, 0.25) is 0 Å². The summed E-state index contributed by atoms with van der Waals surface area (Å²) in [6.07, 6.45) is -4.65. The Morgan fingerprint density at radius 3 is 2.13 bits per heavy atom. The molecule has 0 heterocycles. The lowest BCUT2D eigenvalue weighted by Gasteiger charge is -2.12. The molecule has 0 spiro atoms. The third kappa shape index (κ3) is 2.30. The molecule has 0 fully saturated rings. The van der Waals surface area contributed by atoms with E-state index in [4.69, 9.17) is 10.0 Å².